The van der Waals surface area contributed by atoms with E-state index in [0.29, 0.717) is 23.7 Å². The van der Waals surface area contributed by atoms with Gasteiger partial charge in [0.2, 0.25) is 0 Å². The fraction of sp³-hybridized carbons (Fsp3) is 0.364. The number of hydrogen-bond acceptors (Lipinski definition) is 3. The number of methoxy groups -OCH3 is 1. The lowest BCUT2D eigenvalue weighted by Crippen LogP contribution is -2.06. The average molecular weight is 223 g/mol. The Morgan fingerprint density at radius 1 is 1.53 bits per heavy atom. The summed E-state index contributed by atoms with van der Waals surface area (Å²) in [6.07, 6.45) is 0. The first-order valence-electron chi connectivity index (χ1n) is 4.59. The lowest BCUT2D eigenvalue weighted by Gasteiger charge is -2.02. The fourth-order valence-corrected chi connectivity index (χ4v) is 2.21. The van der Waals surface area contributed by atoms with Crippen LogP contribution in [0.1, 0.15) is 11.1 Å². The second kappa shape index (κ2) is 6.33. The molecule has 0 heterocycles. The van der Waals surface area contributed by atoms with Gasteiger partial charge in [0.15, 0.2) is 0 Å². The summed E-state index contributed by atoms with van der Waals surface area (Å²) in [5.74, 6) is 1.02. The topological polar surface area (TPSA) is 50.1 Å². The maximum atomic E-state index is 11.5. The van der Waals surface area contributed by atoms with Crippen molar-refractivity contribution in [2.24, 2.45) is 0 Å². The second-order valence-electron chi connectivity index (χ2n) is 3.09. The molecule has 0 saturated heterocycles. The normalized spacial score (nSPS) is 12.0. The molecule has 0 aromatic heterocycles. The molecule has 1 atom stereocenters. The van der Waals surface area contributed by atoms with Crippen LogP contribution in [-0.2, 0) is 21.3 Å². The predicted octanol–water partition coefficient (Wildman–Crippen LogP) is 1.45. The Bertz CT molecular complexity index is 384. The molecule has 0 saturated carbocycles. The molecule has 0 aliphatic heterocycles. The zero-order valence-corrected chi connectivity index (χ0v) is 9.42. The minimum Gasteiger partial charge on any atom is -0.384 e. The van der Waals surface area contributed by atoms with Crippen molar-refractivity contribution in [1.29, 1.82) is 5.26 Å². The molecule has 1 aromatic carbocycles. The number of rotatable bonds is 5. The SMILES string of the molecule is COCCS(=O)Cc1cccc(C#N)c1. The summed E-state index contributed by atoms with van der Waals surface area (Å²) in [5, 5.41) is 8.69. The van der Waals surface area contributed by atoms with E-state index < -0.39 is 10.8 Å². The molecule has 0 fully saturated rings. The van der Waals surface area contributed by atoms with E-state index in [4.69, 9.17) is 10.00 Å². The van der Waals surface area contributed by atoms with Crippen LogP contribution in [0.5, 0.6) is 0 Å². The van der Waals surface area contributed by atoms with Crippen LogP contribution in [0.3, 0.4) is 0 Å². The van der Waals surface area contributed by atoms with Crippen LogP contribution in [0.15, 0.2) is 24.3 Å². The molecule has 0 amide bonds. The van der Waals surface area contributed by atoms with Crippen LogP contribution in [0.4, 0.5) is 0 Å². The molecule has 80 valence electrons. The van der Waals surface area contributed by atoms with Gasteiger partial charge in [-0.3, -0.25) is 4.21 Å². The zero-order valence-electron chi connectivity index (χ0n) is 8.60. The van der Waals surface area contributed by atoms with Gasteiger partial charge in [-0.1, -0.05) is 12.1 Å². The van der Waals surface area contributed by atoms with Crippen molar-refractivity contribution >= 4 is 10.8 Å². The van der Waals surface area contributed by atoms with Crippen molar-refractivity contribution in [1.82, 2.24) is 0 Å². The van der Waals surface area contributed by atoms with Gasteiger partial charge < -0.3 is 4.74 Å². The van der Waals surface area contributed by atoms with E-state index in [1.165, 1.54) is 0 Å². The molecular formula is C11H13NO2S. The summed E-state index contributed by atoms with van der Waals surface area (Å²) < 4.78 is 16.4. The molecule has 1 unspecified atom stereocenters. The number of benzene rings is 1. The maximum Gasteiger partial charge on any atom is 0.0991 e. The second-order valence-corrected chi connectivity index (χ2v) is 4.67. The van der Waals surface area contributed by atoms with E-state index in [9.17, 15) is 4.21 Å². The molecule has 0 spiro atoms. The van der Waals surface area contributed by atoms with E-state index in [0.717, 1.165) is 5.56 Å². The zero-order chi connectivity index (χ0) is 11.1. The number of nitrogens with zero attached hydrogens (tertiary/aromatic N) is 1. The standard InChI is InChI=1S/C11H13NO2S/c1-14-5-6-15(13)9-11-4-2-3-10(7-11)8-12/h2-4,7H,5-6,9H2,1H3. The van der Waals surface area contributed by atoms with E-state index >= 15 is 0 Å². The van der Waals surface area contributed by atoms with Gasteiger partial charge in [-0.2, -0.15) is 5.26 Å². The van der Waals surface area contributed by atoms with Crippen LogP contribution in [0.25, 0.3) is 0 Å². The van der Waals surface area contributed by atoms with Gasteiger partial charge >= 0.3 is 0 Å². The molecule has 4 heteroatoms. The van der Waals surface area contributed by atoms with Gasteiger partial charge in [0.25, 0.3) is 0 Å². The molecular weight excluding hydrogens is 210 g/mol. The van der Waals surface area contributed by atoms with Crippen molar-refractivity contribution in [3.05, 3.63) is 35.4 Å². The molecule has 1 aromatic rings. The fourth-order valence-electron chi connectivity index (χ4n) is 1.17. The highest BCUT2D eigenvalue weighted by Gasteiger charge is 2.02. The minimum atomic E-state index is -0.916. The third-order valence-corrected chi connectivity index (χ3v) is 3.18. The number of hydrogen-bond donors (Lipinski definition) is 0. The van der Waals surface area contributed by atoms with E-state index in [1.54, 1.807) is 25.3 Å². The molecule has 3 nitrogen and oxygen atoms in total. The molecule has 0 bridgehead atoms. The van der Waals surface area contributed by atoms with Crippen molar-refractivity contribution < 1.29 is 8.95 Å². The van der Waals surface area contributed by atoms with E-state index in [-0.39, 0.29) is 0 Å². The Morgan fingerprint density at radius 2 is 2.33 bits per heavy atom. The summed E-state index contributed by atoms with van der Waals surface area (Å²) in [7, 11) is 0.675. The van der Waals surface area contributed by atoms with Crippen LogP contribution in [0, 0.1) is 11.3 Å². The van der Waals surface area contributed by atoms with E-state index in [2.05, 4.69) is 6.07 Å². The Balaban J connectivity index is 2.57. The Morgan fingerprint density at radius 3 is 3.00 bits per heavy atom. The first-order chi connectivity index (χ1) is 7.26. The number of nitriles is 1. The van der Waals surface area contributed by atoms with E-state index in [1.807, 2.05) is 6.07 Å². The summed E-state index contributed by atoms with van der Waals surface area (Å²) in [4.78, 5) is 0. The van der Waals surface area contributed by atoms with Crippen molar-refractivity contribution in [2.75, 3.05) is 19.5 Å². The van der Waals surface area contributed by atoms with Crippen molar-refractivity contribution in [3.63, 3.8) is 0 Å². The summed E-state index contributed by atoms with van der Waals surface area (Å²) in [5.41, 5.74) is 1.54. The summed E-state index contributed by atoms with van der Waals surface area (Å²) in [6.45, 7) is 0.505. The number of ether oxygens (including phenoxy) is 1. The molecule has 1 rings (SSSR count). The quantitative estimate of drug-likeness (QED) is 0.759. The Hall–Kier alpha value is -1.18. The molecule has 0 radical (unpaired) electrons. The first kappa shape index (κ1) is 11.9. The lowest BCUT2D eigenvalue weighted by molar-refractivity contribution is 0.218. The third-order valence-electron chi connectivity index (χ3n) is 1.90. The largest absolute Gasteiger partial charge is 0.384 e. The monoisotopic (exact) mass is 223 g/mol. The highest BCUT2D eigenvalue weighted by Crippen LogP contribution is 2.06. The highest BCUT2D eigenvalue weighted by atomic mass is 32.2. The Kier molecular flexibility index (Phi) is 5.02. The smallest absolute Gasteiger partial charge is 0.0991 e. The van der Waals surface area contributed by atoms with Gasteiger partial charge in [-0.15, -0.1) is 0 Å². The van der Waals surface area contributed by atoms with Gasteiger partial charge in [0.1, 0.15) is 0 Å². The molecule has 0 N–H and O–H groups in total. The van der Waals surface area contributed by atoms with Crippen LogP contribution < -0.4 is 0 Å². The first-order valence-corrected chi connectivity index (χ1v) is 6.08. The maximum absolute atomic E-state index is 11.5. The average Bonchev–Trinajstić information content (AvgIpc) is 2.26. The highest BCUT2D eigenvalue weighted by molar-refractivity contribution is 7.84. The molecule has 0 aliphatic carbocycles. The predicted molar refractivity (Wildman–Crippen MR) is 59.7 cm³/mol. The molecule has 0 aliphatic rings. The third kappa shape index (κ3) is 4.24. The van der Waals surface area contributed by atoms with Gasteiger partial charge in [0.05, 0.1) is 18.2 Å². The Labute approximate surface area is 92.1 Å². The lowest BCUT2D eigenvalue weighted by atomic mass is 10.2. The van der Waals surface area contributed by atoms with Crippen LogP contribution in [-0.4, -0.2) is 23.7 Å². The van der Waals surface area contributed by atoms with Crippen LogP contribution >= 0.6 is 0 Å². The summed E-state index contributed by atoms with van der Waals surface area (Å²) in [6, 6.07) is 9.25. The van der Waals surface area contributed by atoms with Crippen molar-refractivity contribution in [3.8, 4) is 6.07 Å². The van der Waals surface area contributed by atoms with Crippen LogP contribution in [0.2, 0.25) is 0 Å². The summed E-state index contributed by atoms with van der Waals surface area (Å²) >= 11 is 0. The minimum absolute atomic E-state index is 0.485. The van der Waals surface area contributed by atoms with Gasteiger partial charge in [-0.25, -0.2) is 0 Å². The van der Waals surface area contributed by atoms with Gasteiger partial charge in [-0.05, 0) is 17.7 Å². The van der Waals surface area contributed by atoms with Gasteiger partial charge in [0, 0.05) is 29.4 Å². The van der Waals surface area contributed by atoms with Crippen molar-refractivity contribution in [2.45, 2.75) is 5.75 Å². The molecule has 15 heavy (non-hydrogen) atoms.